The Balaban J connectivity index is 2.04. The van der Waals surface area contributed by atoms with Crippen LogP contribution < -0.4 is 10.1 Å². The molecule has 1 aromatic carbocycles. The van der Waals surface area contributed by atoms with E-state index in [9.17, 15) is 0 Å². The number of benzene rings is 1. The van der Waals surface area contributed by atoms with Crippen molar-refractivity contribution < 1.29 is 4.74 Å². The van der Waals surface area contributed by atoms with Gasteiger partial charge in [-0.15, -0.1) is 0 Å². The molecule has 0 atom stereocenters. The van der Waals surface area contributed by atoms with Crippen molar-refractivity contribution in [2.75, 3.05) is 6.54 Å². The van der Waals surface area contributed by atoms with E-state index in [1.807, 2.05) is 23.7 Å². The first-order valence-corrected chi connectivity index (χ1v) is 8.02. The van der Waals surface area contributed by atoms with Crippen molar-refractivity contribution in [1.82, 2.24) is 20.1 Å². The van der Waals surface area contributed by atoms with Crippen LogP contribution in [0, 0.1) is 0 Å². The number of rotatable bonds is 8. The molecule has 0 saturated heterocycles. The lowest BCUT2D eigenvalue weighted by Gasteiger charge is -2.12. The van der Waals surface area contributed by atoms with E-state index < -0.39 is 0 Å². The average Bonchev–Trinajstić information content (AvgIpc) is 2.94. The van der Waals surface area contributed by atoms with Gasteiger partial charge in [0.15, 0.2) is 5.82 Å². The van der Waals surface area contributed by atoms with Crippen LogP contribution in [0.5, 0.6) is 5.75 Å². The predicted molar refractivity (Wildman–Crippen MR) is 86.2 cm³/mol. The Hall–Kier alpha value is -1.40. The molecule has 0 aliphatic heterocycles. The monoisotopic (exact) mass is 352 g/mol. The number of aryl methyl sites for hydroxylation is 1. The molecular weight excluding hydrogens is 332 g/mol. The van der Waals surface area contributed by atoms with E-state index in [1.165, 1.54) is 0 Å². The van der Waals surface area contributed by atoms with Gasteiger partial charge in [0.1, 0.15) is 18.7 Å². The minimum absolute atomic E-state index is 0.427. The zero-order valence-corrected chi connectivity index (χ0v) is 14.1. The second-order valence-corrected chi connectivity index (χ2v) is 5.63. The number of hydrogen-bond donors (Lipinski definition) is 1. The van der Waals surface area contributed by atoms with Crippen molar-refractivity contribution >= 4 is 15.9 Å². The summed E-state index contributed by atoms with van der Waals surface area (Å²) in [7, 11) is 0. The van der Waals surface area contributed by atoms with Crippen LogP contribution in [-0.4, -0.2) is 21.3 Å². The Kier molecular flexibility index (Phi) is 6.20. The maximum Gasteiger partial charge on any atom is 0.164 e. The summed E-state index contributed by atoms with van der Waals surface area (Å²) in [4.78, 5) is 4.23. The highest BCUT2D eigenvalue weighted by Gasteiger charge is 2.08. The molecule has 2 aromatic rings. The van der Waals surface area contributed by atoms with Gasteiger partial charge in [-0.3, -0.25) is 0 Å². The van der Waals surface area contributed by atoms with Crippen molar-refractivity contribution in [3.8, 4) is 5.75 Å². The van der Waals surface area contributed by atoms with E-state index in [0.717, 1.165) is 47.7 Å². The summed E-state index contributed by atoms with van der Waals surface area (Å²) in [6, 6.07) is 6.06. The Morgan fingerprint density at radius 1 is 1.33 bits per heavy atom. The molecule has 0 fully saturated rings. The maximum absolute atomic E-state index is 5.93. The standard InChI is InChI=1S/C15H21BrN4O/c1-3-7-17-9-12-8-13(16)5-6-14(12)21-10-15-18-11-19-20(15)4-2/h5-6,8,11,17H,3-4,7,9-10H2,1-2H3. The van der Waals surface area contributed by atoms with Crippen molar-refractivity contribution in [3.05, 3.63) is 40.4 Å². The summed E-state index contributed by atoms with van der Waals surface area (Å²) in [6.45, 7) is 7.21. The highest BCUT2D eigenvalue weighted by Crippen LogP contribution is 2.24. The molecule has 114 valence electrons. The van der Waals surface area contributed by atoms with Gasteiger partial charge in [0, 0.05) is 23.1 Å². The van der Waals surface area contributed by atoms with Crippen molar-refractivity contribution in [1.29, 1.82) is 0 Å². The second kappa shape index (κ2) is 8.14. The average molecular weight is 353 g/mol. The summed E-state index contributed by atoms with van der Waals surface area (Å²) in [5, 5.41) is 7.55. The van der Waals surface area contributed by atoms with Crippen molar-refractivity contribution in [3.63, 3.8) is 0 Å². The molecule has 1 heterocycles. The molecule has 2 rings (SSSR count). The molecule has 0 saturated carbocycles. The molecule has 6 heteroatoms. The smallest absolute Gasteiger partial charge is 0.164 e. The van der Waals surface area contributed by atoms with Gasteiger partial charge < -0.3 is 10.1 Å². The Morgan fingerprint density at radius 2 is 2.19 bits per heavy atom. The van der Waals surface area contributed by atoms with Crippen LogP contribution in [0.15, 0.2) is 29.0 Å². The summed E-state index contributed by atoms with van der Waals surface area (Å²) < 4.78 is 8.82. The first kappa shape index (κ1) is 16.0. The fourth-order valence-electron chi connectivity index (χ4n) is 2.03. The molecule has 21 heavy (non-hydrogen) atoms. The van der Waals surface area contributed by atoms with Crippen LogP contribution in [0.25, 0.3) is 0 Å². The van der Waals surface area contributed by atoms with E-state index >= 15 is 0 Å². The number of halogens is 1. The Morgan fingerprint density at radius 3 is 2.95 bits per heavy atom. The molecule has 0 aliphatic rings. The second-order valence-electron chi connectivity index (χ2n) is 4.71. The number of nitrogens with one attached hydrogen (secondary N) is 1. The molecule has 1 N–H and O–H groups in total. The minimum Gasteiger partial charge on any atom is -0.485 e. The van der Waals surface area contributed by atoms with Gasteiger partial charge in [0.25, 0.3) is 0 Å². The van der Waals surface area contributed by atoms with Crippen LogP contribution in [0.4, 0.5) is 0 Å². The summed E-state index contributed by atoms with van der Waals surface area (Å²) in [5.41, 5.74) is 1.14. The molecule has 0 unspecified atom stereocenters. The number of aromatic nitrogens is 3. The van der Waals surface area contributed by atoms with Gasteiger partial charge in [-0.2, -0.15) is 5.10 Å². The van der Waals surface area contributed by atoms with Crippen LogP contribution in [0.1, 0.15) is 31.7 Å². The highest BCUT2D eigenvalue weighted by molar-refractivity contribution is 9.10. The largest absolute Gasteiger partial charge is 0.485 e. The topological polar surface area (TPSA) is 52.0 Å². The minimum atomic E-state index is 0.427. The lowest BCUT2D eigenvalue weighted by atomic mass is 10.2. The first-order valence-electron chi connectivity index (χ1n) is 7.23. The molecule has 0 bridgehead atoms. The van der Waals surface area contributed by atoms with Gasteiger partial charge in [0.2, 0.25) is 0 Å². The lowest BCUT2D eigenvalue weighted by molar-refractivity contribution is 0.283. The van der Waals surface area contributed by atoms with E-state index in [2.05, 4.69) is 44.3 Å². The number of hydrogen-bond acceptors (Lipinski definition) is 4. The molecule has 0 amide bonds. The molecule has 0 spiro atoms. The molecule has 5 nitrogen and oxygen atoms in total. The Bertz CT molecular complexity index is 571. The van der Waals surface area contributed by atoms with Crippen molar-refractivity contribution in [2.45, 2.75) is 40.0 Å². The third-order valence-corrected chi connectivity index (χ3v) is 3.61. The summed E-state index contributed by atoms with van der Waals surface area (Å²) >= 11 is 3.51. The van der Waals surface area contributed by atoms with Gasteiger partial charge in [-0.1, -0.05) is 22.9 Å². The molecule has 0 aliphatic carbocycles. The quantitative estimate of drug-likeness (QED) is 0.741. The normalized spacial score (nSPS) is 10.8. The number of nitrogens with zero attached hydrogens (tertiary/aromatic N) is 3. The summed E-state index contributed by atoms with van der Waals surface area (Å²) in [5.74, 6) is 1.72. The molecule has 0 radical (unpaired) electrons. The van der Waals surface area contributed by atoms with E-state index in [0.29, 0.717) is 6.61 Å². The van der Waals surface area contributed by atoms with E-state index in [1.54, 1.807) is 6.33 Å². The highest BCUT2D eigenvalue weighted by atomic mass is 79.9. The first-order chi connectivity index (χ1) is 10.2. The van der Waals surface area contributed by atoms with Crippen LogP contribution >= 0.6 is 15.9 Å². The third kappa shape index (κ3) is 4.54. The zero-order chi connectivity index (χ0) is 15.1. The SMILES string of the molecule is CCCNCc1cc(Br)ccc1OCc1ncnn1CC. The van der Waals surface area contributed by atoms with Gasteiger partial charge in [-0.25, -0.2) is 9.67 Å². The lowest BCUT2D eigenvalue weighted by Crippen LogP contribution is -2.15. The van der Waals surface area contributed by atoms with E-state index in [-0.39, 0.29) is 0 Å². The summed E-state index contributed by atoms with van der Waals surface area (Å²) in [6.07, 6.45) is 2.68. The third-order valence-electron chi connectivity index (χ3n) is 3.12. The maximum atomic E-state index is 5.93. The molecule has 1 aromatic heterocycles. The Labute approximate surface area is 133 Å². The van der Waals surface area contributed by atoms with Crippen LogP contribution in [0.2, 0.25) is 0 Å². The number of ether oxygens (including phenoxy) is 1. The van der Waals surface area contributed by atoms with Gasteiger partial charge in [-0.05, 0) is 38.1 Å². The fraction of sp³-hybridized carbons (Fsp3) is 0.467. The van der Waals surface area contributed by atoms with Crippen LogP contribution in [-0.2, 0) is 19.7 Å². The predicted octanol–water partition coefficient (Wildman–Crippen LogP) is 3.14. The zero-order valence-electron chi connectivity index (χ0n) is 12.5. The fourth-order valence-corrected chi connectivity index (χ4v) is 2.44. The van der Waals surface area contributed by atoms with Gasteiger partial charge >= 0.3 is 0 Å². The molecular formula is C15H21BrN4O. The van der Waals surface area contributed by atoms with Gasteiger partial charge in [0.05, 0.1) is 0 Å². The van der Waals surface area contributed by atoms with Crippen LogP contribution in [0.3, 0.4) is 0 Å². The van der Waals surface area contributed by atoms with E-state index in [4.69, 9.17) is 4.74 Å². The van der Waals surface area contributed by atoms with Crippen molar-refractivity contribution in [2.24, 2.45) is 0 Å².